The molecular formula is C32H32F3N5O4. The molecule has 0 spiro atoms. The van der Waals surface area contributed by atoms with Crippen LogP contribution in [0.4, 0.5) is 18.9 Å². The number of pyridine rings is 1. The van der Waals surface area contributed by atoms with Crippen LogP contribution in [0.2, 0.25) is 0 Å². The van der Waals surface area contributed by atoms with Crippen LogP contribution in [0.1, 0.15) is 48.7 Å². The molecule has 2 aliphatic rings. The highest BCUT2D eigenvalue weighted by molar-refractivity contribution is 6.04. The summed E-state index contributed by atoms with van der Waals surface area (Å²) in [6.07, 6.45) is -1.08. The van der Waals surface area contributed by atoms with E-state index in [2.05, 4.69) is 20.5 Å². The Labute approximate surface area is 252 Å². The second-order valence-corrected chi connectivity index (χ2v) is 10.9. The van der Waals surface area contributed by atoms with Crippen molar-refractivity contribution in [3.63, 3.8) is 0 Å². The molecule has 0 radical (unpaired) electrons. The summed E-state index contributed by atoms with van der Waals surface area (Å²) in [7, 11) is 3.29. The fourth-order valence-electron chi connectivity index (χ4n) is 5.21. The largest absolute Gasteiger partial charge is 0.466 e. The predicted molar refractivity (Wildman–Crippen MR) is 158 cm³/mol. The monoisotopic (exact) mass is 607 g/mol. The van der Waals surface area contributed by atoms with Gasteiger partial charge in [-0.25, -0.2) is 4.79 Å². The van der Waals surface area contributed by atoms with Gasteiger partial charge in [-0.15, -0.1) is 0 Å². The van der Waals surface area contributed by atoms with Crippen molar-refractivity contribution in [2.45, 2.75) is 25.7 Å². The van der Waals surface area contributed by atoms with Crippen molar-refractivity contribution < 1.29 is 32.3 Å². The van der Waals surface area contributed by atoms with Crippen LogP contribution in [0.3, 0.4) is 0 Å². The van der Waals surface area contributed by atoms with Crippen LogP contribution in [0.15, 0.2) is 60.3 Å². The summed E-state index contributed by atoms with van der Waals surface area (Å²) in [5.74, 6) is -1.50. The lowest BCUT2D eigenvalue weighted by atomic mass is 10.0. The number of rotatable bonds is 8. The summed E-state index contributed by atoms with van der Waals surface area (Å²) in [6.45, 7) is 3.08. The number of carbonyl (C=O) groups is 3. The zero-order valence-electron chi connectivity index (χ0n) is 24.3. The molecule has 2 heterocycles. The molecule has 2 aromatic carbocycles. The van der Waals surface area contributed by atoms with Gasteiger partial charge in [-0.1, -0.05) is 18.2 Å². The van der Waals surface area contributed by atoms with Crippen molar-refractivity contribution in [1.29, 1.82) is 0 Å². The molecule has 230 valence electrons. The predicted octanol–water partition coefficient (Wildman–Crippen LogP) is 4.14. The third-order valence-electron chi connectivity index (χ3n) is 7.71. The first-order chi connectivity index (χ1) is 21.0. The van der Waals surface area contributed by atoms with Crippen LogP contribution in [0, 0.1) is 0 Å². The van der Waals surface area contributed by atoms with Crippen LogP contribution in [0.25, 0.3) is 6.08 Å². The van der Waals surface area contributed by atoms with E-state index in [4.69, 9.17) is 4.74 Å². The molecule has 0 saturated carbocycles. The van der Waals surface area contributed by atoms with Crippen LogP contribution in [-0.4, -0.2) is 72.9 Å². The SMILES string of the molecule is COC(=O)C1=Cc2cc(NC(=O)c3cccc(CNC(=O)c4ccc(CN5CCN(C)CC5)c(C(F)(F)F)c4)c3)cnc2C1. The highest BCUT2D eigenvalue weighted by atomic mass is 19.4. The highest BCUT2D eigenvalue weighted by Crippen LogP contribution is 2.33. The van der Waals surface area contributed by atoms with Gasteiger partial charge in [0.05, 0.1) is 30.3 Å². The summed E-state index contributed by atoms with van der Waals surface area (Å²) in [5, 5.41) is 5.43. The van der Waals surface area contributed by atoms with Crippen LogP contribution in [-0.2, 0) is 35.2 Å². The maximum absolute atomic E-state index is 13.9. The fraction of sp³-hybridized carbons (Fsp3) is 0.312. The number of alkyl halides is 3. The molecule has 12 heteroatoms. The normalized spacial score (nSPS) is 15.3. The molecule has 0 bridgehead atoms. The first kappa shape index (κ1) is 30.9. The molecule has 1 saturated heterocycles. The molecular weight excluding hydrogens is 575 g/mol. The summed E-state index contributed by atoms with van der Waals surface area (Å²) in [4.78, 5) is 46.1. The van der Waals surface area contributed by atoms with Gasteiger partial charge in [0.25, 0.3) is 11.8 Å². The molecule has 1 fully saturated rings. The van der Waals surface area contributed by atoms with Crippen molar-refractivity contribution in [3.8, 4) is 0 Å². The average molecular weight is 608 g/mol. The molecule has 1 aliphatic heterocycles. The Hall–Kier alpha value is -4.55. The first-order valence-corrected chi connectivity index (χ1v) is 14.1. The minimum absolute atomic E-state index is 0.00581. The smallest absolute Gasteiger partial charge is 0.416 e. The molecule has 5 rings (SSSR count). The van der Waals surface area contributed by atoms with Gasteiger partial charge in [0.1, 0.15) is 0 Å². The second kappa shape index (κ2) is 13.0. The quantitative estimate of drug-likeness (QED) is 0.371. The maximum atomic E-state index is 13.9. The lowest BCUT2D eigenvalue weighted by Gasteiger charge is -2.33. The van der Waals surface area contributed by atoms with Crippen LogP contribution in [0.5, 0.6) is 0 Å². The van der Waals surface area contributed by atoms with E-state index in [-0.39, 0.29) is 24.2 Å². The lowest BCUT2D eigenvalue weighted by Crippen LogP contribution is -2.44. The van der Waals surface area contributed by atoms with E-state index in [1.54, 1.807) is 36.4 Å². The standard InChI is InChI=1S/C32H32F3N5O4/c1-39-8-10-40(11-9-39)19-23-7-6-22(15-27(23)32(33,34)35)29(41)37-17-20-4-3-5-21(12-20)30(42)38-26-14-24-13-25(31(43)44-2)16-28(24)36-18-26/h3-7,12-15,18H,8-11,16-17,19H2,1-2H3,(H,37,41)(H,38,42). The first-order valence-electron chi connectivity index (χ1n) is 14.1. The number of methoxy groups -OCH3 is 1. The molecule has 2 N–H and O–H groups in total. The summed E-state index contributed by atoms with van der Waals surface area (Å²) in [5.41, 5.74) is 2.45. The number of ether oxygens (including phenoxy) is 1. The fourth-order valence-corrected chi connectivity index (χ4v) is 5.21. The zero-order chi connectivity index (χ0) is 31.4. The van der Waals surface area contributed by atoms with Gasteiger partial charge in [0.2, 0.25) is 0 Å². The Balaban J connectivity index is 1.22. The number of amides is 2. The van der Waals surface area contributed by atoms with E-state index in [9.17, 15) is 27.6 Å². The zero-order valence-corrected chi connectivity index (χ0v) is 24.3. The molecule has 2 amide bonds. The molecule has 3 aromatic rings. The number of benzene rings is 2. The topological polar surface area (TPSA) is 104 Å². The van der Waals surface area contributed by atoms with E-state index in [0.29, 0.717) is 53.2 Å². The number of hydrogen-bond acceptors (Lipinski definition) is 7. The number of carbonyl (C=O) groups excluding carboxylic acids is 3. The van der Waals surface area contributed by atoms with Gasteiger partial charge in [-0.3, -0.25) is 19.5 Å². The number of aromatic nitrogens is 1. The number of fused-ring (bicyclic) bond motifs is 1. The van der Waals surface area contributed by atoms with Crippen molar-refractivity contribution in [3.05, 3.63) is 99.4 Å². The van der Waals surface area contributed by atoms with E-state index in [0.717, 1.165) is 19.2 Å². The van der Waals surface area contributed by atoms with Gasteiger partial charge in [0.15, 0.2) is 0 Å². The third kappa shape index (κ3) is 7.32. The molecule has 1 aliphatic carbocycles. The van der Waals surface area contributed by atoms with E-state index in [1.807, 2.05) is 11.9 Å². The van der Waals surface area contributed by atoms with E-state index in [1.165, 1.54) is 25.4 Å². The number of halogens is 3. The maximum Gasteiger partial charge on any atom is 0.416 e. The van der Waals surface area contributed by atoms with Gasteiger partial charge < -0.3 is 20.3 Å². The van der Waals surface area contributed by atoms with Crippen molar-refractivity contribution in [2.24, 2.45) is 0 Å². The Kier molecular flexibility index (Phi) is 9.12. The molecule has 44 heavy (non-hydrogen) atoms. The van der Waals surface area contributed by atoms with Gasteiger partial charge in [-0.2, -0.15) is 13.2 Å². The molecule has 9 nitrogen and oxygen atoms in total. The van der Waals surface area contributed by atoms with Gasteiger partial charge >= 0.3 is 12.1 Å². The third-order valence-corrected chi connectivity index (χ3v) is 7.71. The average Bonchev–Trinajstić information content (AvgIpc) is 3.44. The number of esters is 1. The number of hydrogen-bond donors (Lipinski definition) is 2. The Bertz CT molecular complexity index is 1610. The number of nitrogens with one attached hydrogen (secondary N) is 2. The number of piperazine rings is 1. The number of likely N-dealkylation sites (N-methyl/N-ethyl adjacent to an activating group) is 1. The number of anilines is 1. The Morgan fingerprint density at radius 2 is 1.73 bits per heavy atom. The highest BCUT2D eigenvalue weighted by Gasteiger charge is 2.34. The van der Waals surface area contributed by atoms with Gasteiger partial charge in [-0.05, 0) is 60.1 Å². The van der Waals surface area contributed by atoms with E-state index >= 15 is 0 Å². The minimum atomic E-state index is -4.60. The van der Waals surface area contributed by atoms with Crippen LogP contribution < -0.4 is 10.6 Å². The van der Waals surface area contributed by atoms with Crippen molar-refractivity contribution in [2.75, 3.05) is 45.7 Å². The number of nitrogens with zero attached hydrogens (tertiary/aromatic N) is 3. The Morgan fingerprint density at radius 1 is 0.977 bits per heavy atom. The lowest BCUT2D eigenvalue weighted by molar-refractivity contribution is -0.138. The summed E-state index contributed by atoms with van der Waals surface area (Å²) >= 11 is 0. The molecule has 0 unspecified atom stereocenters. The van der Waals surface area contributed by atoms with Crippen molar-refractivity contribution in [1.82, 2.24) is 20.1 Å². The van der Waals surface area contributed by atoms with Crippen molar-refractivity contribution >= 4 is 29.5 Å². The van der Waals surface area contributed by atoms with E-state index < -0.39 is 29.5 Å². The minimum Gasteiger partial charge on any atom is -0.466 e. The molecule has 1 aromatic heterocycles. The second-order valence-electron chi connectivity index (χ2n) is 10.9. The molecule has 0 atom stereocenters. The summed E-state index contributed by atoms with van der Waals surface area (Å²) in [6, 6.07) is 11.9. The summed E-state index contributed by atoms with van der Waals surface area (Å²) < 4.78 is 46.6. The Morgan fingerprint density at radius 3 is 2.45 bits per heavy atom. The van der Waals surface area contributed by atoms with Gasteiger partial charge in [0, 0.05) is 62.4 Å². The van der Waals surface area contributed by atoms with Crippen LogP contribution >= 0.6 is 0 Å².